The van der Waals surface area contributed by atoms with Crippen molar-refractivity contribution < 1.29 is 14.4 Å². The lowest BCUT2D eigenvalue weighted by Crippen LogP contribution is -2.51. The fourth-order valence-electron chi connectivity index (χ4n) is 5.18. The third-order valence-electron chi connectivity index (χ3n) is 7.71. The summed E-state index contributed by atoms with van der Waals surface area (Å²) in [6, 6.07) is -0.0574. The van der Waals surface area contributed by atoms with Crippen LogP contribution >= 0.6 is 0 Å². The largest absolute Gasteiger partial charge is 0.343 e. The first-order valence-corrected chi connectivity index (χ1v) is 11.6. The van der Waals surface area contributed by atoms with Crippen LogP contribution in [0.25, 0.3) is 0 Å². The van der Waals surface area contributed by atoms with E-state index in [1.165, 1.54) is 4.90 Å². The number of hydrogen-bond donors (Lipinski definition) is 1. The number of nitrogens with zero attached hydrogens (tertiary/aromatic N) is 3. The first-order chi connectivity index (χ1) is 13.9. The number of piperidine rings is 1. The van der Waals surface area contributed by atoms with Crippen molar-refractivity contribution in [1.82, 2.24) is 20.0 Å². The molecule has 0 aromatic carbocycles. The smallest absolute Gasteiger partial charge is 0.326 e. The van der Waals surface area contributed by atoms with Gasteiger partial charge in [0.1, 0.15) is 5.54 Å². The molecular formula is C23H40N4O3. The number of rotatable bonds is 4. The van der Waals surface area contributed by atoms with Gasteiger partial charge in [0.2, 0.25) is 5.91 Å². The van der Waals surface area contributed by atoms with Crippen LogP contribution in [0.4, 0.5) is 4.79 Å². The number of hydrogen-bond acceptors (Lipinski definition) is 4. The molecule has 30 heavy (non-hydrogen) atoms. The molecule has 2 saturated heterocycles. The van der Waals surface area contributed by atoms with E-state index in [1.54, 1.807) is 0 Å². The Hall–Kier alpha value is -1.63. The predicted octanol–water partition coefficient (Wildman–Crippen LogP) is 3.05. The lowest BCUT2D eigenvalue weighted by molar-refractivity contribution is -0.139. The molecule has 3 fully saturated rings. The molecule has 170 valence electrons. The zero-order valence-electron chi connectivity index (χ0n) is 19.7. The van der Waals surface area contributed by atoms with Gasteiger partial charge in [-0.2, -0.15) is 0 Å². The molecule has 0 atom stereocenters. The summed E-state index contributed by atoms with van der Waals surface area (Å²) in [6.45, 7) is 12.6. The average Bonchev–Trinajstić information content (AvgIpc) is 2.91. The molecule has 3 rings (SSSR count). The van der Waals surface area contributed by atoms with E-state index >= 15 is 0 Å². The highest BCUT2D eigenvalue weighted by molar-refractivity contribution is 6.07. The van der Waals surface area contributed by atoms with Crippen LogP contribution < -0.4 is 5.32 Å². The van der Waals surface area contributed by atoms with Gasteiger partial charge in [-0.05, 0) is 63.7 Å². The Morgan fingerprint density at radius 3 is 2.20 bits per heavy atom. The van der Waals surface area contributed by atoms with E-state index in [1.807, 2.05) is 25.8 Å². The van der Waals surface area contributed by atoms with Crippen LogP contribution in [0.1, 0.15) is 73.1 Å². The minimum atomic E-state index is -0.701. The molecule has 4 amide bonds. The molecule has 1 aliphatic carbocycles. The van der Waals surface area contributed by atoms with Crippen molar-refractivity contribution in [2.75, 3.05) is 26.8 Å². The molecular weight excluding hydrogens is 380 g/mol. The van der Waals surface area contributed by atoms with E-state index in [0.717, 1.165) is 51.6 Å². The predicted molar refractivity (Wildman–Crippen MR) is 117 cm³/mol. The maximum atomic E-state index is 13.2. The van der Waals surface area contributed by atoms with Crippen LogP contribution in [0.5, 0.6) is 0 Å². The summed E-state index contributed by atoms with van der Waals surface area (Å²) < 4.78 is 0. The standard InChI is InChI=1S/C23H40N4O3/c1-16(2)25(6)19(28)17-9-13-26(14-10-17)15-27-20(29)23(24-21(27)30)11-7-18(8-12-23)22(3,4)5/h16-18H,7-15H2,1-6H3,(H,24,30). The highest BCUT2D eigenvalue weighted by Gasteiger charge is 2.53. The Balaban J connectivity index is 1.54. The highest BCUT2D eigenvalue weighted by Crippen LogP contribution is 2.43. The van der Waals surface area contributed by atoms with Gasteiger partial charge in [0.05, 0.1) is 6.67 Å². The summed E-state index contributed by atoms with van der Waals surface area (Å²) in [5.41, 5.74) is -0.467. The SMILES string of the molecule is CC(C)N(C)C(=O)C1CCN(CN2C(=O)NC3(CCC(C(C)(C)C)CC3)C2=O)CC1. The van der Waals surface area contributed by atoms with Crippen LogP contribution in [0.2, 0.25) is 0 Å². The first kappa shape index (κ1) is 23.0. The molecule has 0 aromatic rings. The molecule has 1 saturated carbocycles. The van der Waals surface area contributed by atoms with Gasteiger partial charge in [-0.3, -0.25) is 14.5 Å². The first-order valence-electron chi connectivity index (χ1n) is 11.6. The molecule has 0 aromatic heterocycles. The fourth-order valence-corrected chi connectivity index (χ4v) is 5.18. The van der Waals surface area contributed by atoms with Crippen LogP contribution in [0, 0.1) is 17.3 Å². The quantitative estimate of drug-likeness (QED) is 0.710. The molecule has 0 bridgehead atoms. The van der Waals surface area contributed by atoms with Gasteiger partial charge in [0.15, 0.2) is 0 Å². The maximum absolute atomic E-state index is 13.2. The molecule has 2 heterocycles. The summed E-state index contributed by atoms with van der Waals surface area (Å²) >= 11 is 0. The van der Waals surface area contributed by atoms with Crippen LogP contribution in [0.15, 0.2) is 0 Å². The summed E-state index contributed by atoms with van der Waals surface area (Å²) in [4.78, 5) is 43.8. The van der Waals surface area contributed by atoms with Gasteiger partial charge in [0.25, 0.3) is 5.91 Å². The normalized spacial score (nSPS) is 29.0. The van der Waals surface area contributed by atoms with E-state index in [9.17, 15) is 14.4 Å². The van der Waals surface area contributed by atoms with E-state index in [-0.39, 0.29) is 35.2 Å². The zero-order valence-corrected chi connectivity index (χ0v) is 19.7. The van der Waals surface area contributed by atoms with Gasteiger partial charge >= 0.3 is 6.03 Å². The van der Waals surface area contributed by atoms with Crippen molar-refractivity contribution in [3.8, 4) is 0 Å². The second-order valence-corrected chi connectivity index (χ2v) is 11.0. The number of carbonyl (C=O) groups is 3. The second kappa shape index (κ2) is 8.48. The van der Waals surface area contributed by atoms with Crippen molar-refractivity contribution in [3.63, 3.8) is 0 Å². The molecule has 0 unspecified atom stereocenters. The van der Waals surface area contributed by atoms with Crippen LogP contribution in [-0.4, -0.2) is 70.9 Å². The van der Waals surface area contributed by atoms with Crippen molar-refractivity contribution in [3.05, 3.63) is 0 Å². The highest BCUT2D eigenvalue weighted by atomic mass is 16.2. The van der Waals surface area contributed by atoms with Gasteiger partial charge in [-0.25, -0.2) is 9.69 Å². The van der Waals surface area contributed by atoms with Crippen LogP contribution in [-0.2, 0) is 9.59 Å². The number of imide groups is 1. The number of carbonyl (C=O) groups excluding carboxylic acids is 3. The number of amides is 4. The summed E-state index contributed by atoms with van der Waals surface area (Å²) in [7, 11) is 1.86. The summed E-state index contributed by atoms with van der Waals surface area (Å²) in [5.74, 6) is 0.769. The number of nitrogens with one attached hydrogen (secondary N) is 1. The molecule has 0 radical (unpaired) electrons. The van der Waals surface area contributed by atoms with Crippen molar-refractivity contribution in [2.45, 2.75) is 84.7 Å². The Labute approximate surface area is 181 Å². The third kappa shape index (κ3) is 4.51. The zero-order chi connectivity index (χ0) is 22.3. The molecule has 7 heteroatoms. The Morgan fingerprint density at radius 1 is 1.13 bits per heavy atom. The third-order valence-corrected chi connectivity index (χ3v) is 7.71. The number of likely N-dealkylation sites (tertiary alicyclic amines) is 1. The van der Waals surface area contributed by atoms with Gasteiger partial charge in [-0.15, -0.1) is 0 Å². The van der Waals surface area contributed by atoms with Gasteiger partial charge < -0.3 is 10.2 Å². The summed E-state index contributed by atoms with van der Waals surface area (Å²) in [5, 5.41) is 3.04. The second-order valence-electron chi connectivity index (χ2n) is 11.0. The van der Waals surface area contributed by atoms with E-state index in [2.05, 4.69) is 31.0 Å². The Morgan fingerprint density at radius 2 is 1.70 bits per heavy atom. The van der Waals surface area contributed by atoms with E-state index in [4.69, 9.17) is 0 Å². The summed E-state index contributed by atoms with van der Waals surface area (Å²) in [6.07, 6.45) is 4.96. The van der Waals surface area contributed by atoms with E-state index < -0.39 is 5.54 Å². The Kier molecular flexibility index (Phi) is 6.51. The molecule has 1 N–H and O–H groups in total. The van der Waals surface area contributed by atoms with Crippen LogP contribution in [0.3, 0.4) is 0 Å². The lowest BCUT2D eigenvalue weighted by Gasteiger charge is -2.40. The maximum Gasteiger partial charge on any atom is 0.326 e. The molecule has 7 nitrogen and oxygen atoms in total. The van der Waals surface area contributed by atoms with Crippen molar-refractivity contribution >= 4 is 17.8 Å². The fraction of sp³-hybridized carbons (Fsp3) is 0.870. The average molecular weight is 421 g/mol. The monoisotopic (exact) mass is 420 g/mol. The molecule has 2 aliphatic heterocycles. The minimum Gasteiger partial charge on any atom is -0.343 e. The molecule has 1 spiro atoms. The topological polar surface area (TPSA) is 73.0 Å². The van der Waals surface area contributed by atoms with E-state index in [0.29, 0.717) is 12.6 Å². The molecule has 3 aliphatic rings. The van der Waals surface area contributed by atoms with Gasteiger partial charge in [0, 0.05) is 32.1 Å². The van der Waals surface area contributed by atoms with Gasteiger partial charge in [-0.1, -0.05) is 20.8 Å². The van der Waals surface area contributed by atoms with Crippen molar-refractivity contribution in [1.29, 1.82) is 0 Å². The minimum absolute atomic E-state index is 0.0378. The van der Waals surface area contributed by atoms with Crippen molar-refractivity contribution in [2.24, 2.45) is 17.3 Å². The number of urea groups is 1. The Bertz CT molecular complexity index is 668. The lowest BCUT2D eigenvalue weighted by atomic mass is 9.67.